The average molecular weight is 303 g/mol. The number of benzene rings is 1. The van der Waals surface area contributed by atoms with Gasteiger partial charge >= 0.3 is 0 Å². The lowest BCUT2D eigenvalue weighted by atomic mass is 9.94. The van der Waals surface area contributed by atoms with E-state index in [0.29, 0.717) is 23.2 Å². The maximum absolute atomic E-state index is 12.4. The van der Waals surface area contributed by atoms with Crippen LogP contribution in [-0.2, 0) is 0 Å². The highest BCUT2D eigenvalue weighted by Crippen LogP contribution is 2.24. The first-order valence-corrected chi connectivity index (χ1v) is 7.79. The van der Waals surface area contributed by atoms with Gasteiger partial charge < -0.3 is 14.5 Å². The van der Waals surface area contributed by atoms with Gasteiger partial charge in [-0.1, -0.05) is 27.7 Å². The van der Waals surface area contributed by atoms with E-state index in [1.807, 2.05) is 18.2 Å². The molecule has 0 saturated heterocycles. The summed E-state index contributed by atoms with van der Waals surface area (Å²) in [4.78, 5) is 12.4. The molecule has 0 aliphatic heterocycles. The minimum Gasteiger partial charge on any atom is -0.497 e. The first-order valence-electron chi connectivity index (χ1n) is 7.79. The summed E-state index contributed by atoms with van der Waals surface area (Å²) in [5, 5.41) is 3.96. The Kier molecular flexibility index (Phi) is 5.11. The molecule has 0 bridgehead atoms. The second-order valence-corrected chi connectivity index (χ2v) is 6.47. The summed E-state index contributed by atoms with van der Waals surface area (Å²) in [5.41, 5.74) is 0.691. The topological polar surface area (TPSA) is 51.5 Å². The fourth-order valence-corrected chi connectivity index (χ4v) is 2.51. The van der Waals surface area contributed by atoms with Crippen LogP contribution in [0.25, 0.3) is 11.0 Å². The predicted molar refractivity (Wildman–Crippen MR) is 88.3 cm³/mol. The summed E-state index contributed by atoms with van der Waals surface area (Å²) >= 11 is 0. The van der Waals surface area contributed by atoms with Crippen LogP contribution in [0.1, 0.15) is 44.7 Å². The van der Waals surface area contributed by atoms with Gasteiger partial charge in [0.15, 0.2) is 5.76 Å². The van der Waals surface area contributed by atoms with Crippen molar-refractivity contribution >= 4 is 16.9 Å². The second-order valence-electron chi connectivity index (χ2n) is 6.47. The van der Waals surface area contributed by atoms with Gasteiger partial charge in [-0.25, -0.2) is 0 Å². The minimum absolute atomic E-state index is 0.148. The summed E-state index contributed by atoms with van der Waals surface area (Å²) in [6, 6.07) is 7.42. The van der Waals surface area contributed by atoms with Gasteiger partial charge in [0, 0.05) is 11.4 Å². The van der Waals surface area contributed by atoms with Crippen molar-refractivity contribution in [3.05, 3.63) is 30.0 Å². The van der Waals surface area contributed by atoms with Gasteiger partial charge in [0.1, 0.15) is 11.3 Å². The van der Waals surface area contributed by atoms with Gasteiger partial charge in [-0.2, -0.15) is 0 Å². The number of carbonyl (C=O) groups is 1. The zero-order valence-electron chi connectivity index (χ0n) is 14.0. The molecule has 0 aliphatic carbocycles. The number of rotatable bonds is 6. The van der Waals surface area contributed by atoms with Crippen molar-refractivity contribution in [2.75, 3.05) is 7.11 Å². The highest BCUT2D eigenvalue weighted by molar-refractivity contribution is 5.96. The lowest BCUT2D eigenvalue weighted by Crippen LogP contribution is -2.39. The first-order chi connectivity index (χ1) is 10.4. The van der Waals surface area contributed by atoms with Crippen molar-refractivity contribution in [2.45, 2.75) is 40.2 Å². The maximum Gasteiger partial charge on any atom is 0.287 e. The number of ether oxygens (including phenoxy) is 1. The summed E-state index contributed by atoms with van der Waals surface area (Å²) in [5.74, 6) is 1.86. The molecule has 4 heteroatoms. The number of hydrogen-bond donors (Lipinski definition) is 1. The van der Waals surface area contributed by atoms with Crippen LogP contribution in [0, 0.1) is 11.8 Å². The van der Waals surface area contributed by atoms with Crippen LogP contribution < -0.4 is 10.1 Å². The van der Waals surface area contributed by atoms with Gasteiger partial charge in [-0.15, -0.1) is 0 Å². The molecule has 0 spiro atoms. The van der Waals surface area contributed by atoms with E-state index in [1.165, 1.54) is 0 Å². The minimum atomic E-state index is -0.158. The molecule has 1 heterocycles. The smallest absolute Gasteiger partial charge is 0.287 e. The molecule has 22 heavy (non-hydrogen) atoms. The molecule has 0 fully saturated rings. The van der Waals surface area contributed by atoms with Gasteiger partial charge in [-0.3, -0.25) is 4.79 Å². The molecule has 1 unspecified atom stereocenters. The van der Waals surface area contributed by atoms with E-state index in [1.54, 1.807) is 13.2 Å². The normalized spacial score (nSPS) is 12.9. The third kappa shape index (κ3) is 3.81. The number of carbonyl (C=O) groups excluding carboxylic acids is 1. The Labute approximate surface area is 131 Å². The van der Waals surface area contributed by atoms with Crippen LogP contribution in [0.5, 0.6) is 5.75 Å². The van der Waals surface area contributed by atoms with Crippen molar-refractivity contribution in [3.8, 4) is 5.75 Å². The van der Waals surface area contributed by atoms with Crippen LogP contribution in [0.2, 0.25) is 0 Å². The zero-order valence-corrected chi connectivity index (χ0v) is 14.0. The predicted octanol–water partition coefficient (Wildman–Crippen LogP) is 4.24. The number of furan rings is 1. The molecule has 0 saturated carbocycles. The molecule has 0 radical (unpaired) electrons. The summed E-state index contributed by atoms with van der Waals surface area (Å²) in [6.45, 7) is 8.57. The quantitative estimate of drug-likeness (QED) is 0.868. The molecule has 2 rings (SSSR count). The average Bonchev–Trinajstić information content (AvgIpc) is 2.88. The lowest BCUT2D eigenvalue weighted by molar-refractivity contribution is 0.0893. The van der Waals surface area contributed by atoms with E-state index in [2.05, 4.69) is 33.0 Å². The molecular weight excluding hydrogens is 278 g/mol. The van der Waals surface area contributed by atoms with Crippen LogP contribution in [-0.4, -0.2) is 19.1 Å². The Bertz CT molecular complexity index is 643. The number of methoxy groups -OCH3 is 1. The van der Waals surface area contributed by atoms with Crippen LogP contribution in [0.3, 0.4) is 0 Å². The molecule has 1 aromatic heterocycles. The number of hydrogen-bond acceptors (Lipinski definition) is 3. The van der Waals surface area contributed by atoms with E-state index in [0.717, 1.165) is 17.6 Å². The van der Waals surface area contributed by atoms with E-state index >= 15 is 0 Å². The molecule has 1 atom stereocenters. The van der Waals surface area contributed by atoms with Crippen molar-refractivity contribution < 1.29 is 13.9 Å². The van der Waals surface area contributed by atoms with E-state index in [9.17, 15) is 4.79 Å². The summed E-state index contributed by atoms with van der Waals surface area (Å²) in [7, 11) is 1.62. The molecule has 1 N–H and O–H groups in total. The fourth-order valence-electron chi connectivity index (χ4n) is 2.51. The van der Waals surface area contributed by atoms with Crippen molar-refractivity contribution in [1.29, 1.82) is 0 Å². The number of amides is 1. The molecule has 4 nitrogen and oxygen atoms in total. The van der Waals surface area contributed by atoms with E-state index in [4.69, 9.17) is 9.15 Å². The molecule has 0 aliphatic rings. The summed E-state index contributed by atoms with van der Waals surface area (Å²) < 4.78 is 10.8. The first kappa shape index (κ1) is 16.4. The van der Waals surface area contributed by atoms with E-state index < -0.39 is 0 Å². The van der Waals surface area contributed by atoms with Crippen molar-refractivity contribution in [2.24, 2.45) is 11.8 Å². The van der Waals surface area contributed by atoms with Gasteiger partial charge in [-0.05, 0) is 42.5 Å². The Balaban J connectivity index is 2.17. The molecular formula is C18H25NO3. The third-order valence-electron chi connectivity index (χ3n) is 3.79. The Morgan fingerprint density at radius 1 is 1.23 bits per heavy atom. The lowest BCUT2D eigenvalue weighted by Gasteiger charge is -2.23. The SMILES string of the molecule is COc1ccc2oc(C(=O)NC(CC(C)C)C(C)C)cc2c1. The van der Waals surface area contributed by atoms with Crippen LogP contribution >= 0.6 is 0 Å². The molecule has 1 amide bonds. The van der Waals surface area contributed by atoms with Gasteiger partial charge in [0.05, 0.1) is 7.11 Å². The Morgan fingerprint density at radius 2 is 1.95 bits per heavy atom. The van der Waals surface area contributed by atoms with Gasteiger partial charge in [0.2, 0.25) is 0 Å². The highest BCUT2D eigenvalue weighted by atomic mass is 16.5. The monoisotopic (exact) mass is 303 g/mol. The third-order valence-corrected chi connectivity index (χ3v) is 3.79. The Morgan fingerprint density at radius 3 is 2.55 bits per heavy atom. The van der Waals surface area contributed by atoms with E-state index in [-0.39, 0.29) is 11.9 Å². The zero-order chi connectivity index (χ0) is 16.3. The fraction of sp³-hybridized carbons (Fsp3) is 0.500. The number of fused-ring (bicyclic) bond motifs is 1. The molecule has 120 valence electrons. The largest absolute Gasteiger partial charge is 0.497 e. The standard InChI is InChI=1S/C18H25NO3/c1-11(2)8-15(12(3)4)19-18(20)17-10-13-9-14(21-5)6-7-16(13)22-17/h6-7,9-12,15H,8H2,1-5H3,(H,19,20). The van der Waals surface area contributed by atoms with Gasteiger partial charge in [0.25, 0.3) is 5.91 Å². The second kappa shape index (κ2) is 6.86. The van der Waals surface area contributed by atoms with Crippen LogP contribution in [0.4, 0.5) is 0 Å². The molecule has 1 aromatic carbocycles. The molecule has 2 aromatic rings. The van der Waals surface area contributed by atoms with Crippen LogP contribution in [0.15, 0.2) is 28.7 Å². The van der Waals surface area contributed by atoms with Crippen molar-refractivity contribution in [1.82, 2.24) is 5.32 Å². The Hall–Kier alpha value is -1.97. The highest BCUT2D eigenvalue weighted by Gasteiger charge is 2.20. The maximum atomic E-state index is 12.4. The van der Waals surface area contributed by atoms with Crippen molar-refractivity contribution in [3.63, 3.8) is 0 Å². The summed E-state index contributed by atoms with van der Waals surface area (Å²) in [6.07, 6.45) is 0.956. The number of nitrogens with one attached hydrogen (secondary N) is 1.